The van der Waals surface area contributed by atoms with E-state index in [4.69, 9.17) is 4.74 Å². The van der Waals surface area contributed by atoms with Crippen LogP contribution in [0.2, 0.25) is 0 Å². The summed E-state index contributed by atoms with van der Waals surface area (Å²) in [4.78, 5) is 24.2. The molecule has 0 aromatic heterocycles. The fraction of sp³-hybridized carbons (Fsp3) is 0.222. The Kier molecular flexibility index (Phi) is 4.16. The van der Waals surface area contributed by atoms with E-state index in [2.05, 4.69) is 10.6 Å². The highest BCUT2D eigenvalue weighted by atomic mass is 19.1. The Morgan fingerprint density at radius 3 is 2.56 bits per heavy atom. The molecule has 0 aliphatic carbocycles. The number of benzene rings is 2. The number of amides is 2. The molecule has 0 unspecified atom stereocenters. The highest BCUT2D eigenvalue weighted by Crippen LogP contribution is 2.34. The van der Waals surface area contributed by atoms with Crippen molar-refractivity contribution < 1.29 is 23.1 Å². The Labute approximate surface area is 143 Å². The molecule has 0 radical (unpaired) electrons. The fourth-order valence-corrected chi connectivity index (χ4v) is 2.35. The largest absolute Gasteiger partial charge is 0.490 e. The molecule has 5 nitrogen and oxygen atoms in total. The van der Waals surface area contributed by atoms with E-state index in [1.54, 1.807) is 19.9 Å². The van der Waals surface area contributed by atoms with Crippen LogP contribution in [-0.4, -0.2) is 18.4 Å². The van der Waals surface area contributed by atoms with Crippen molar-refractivity contribution in [2.75, 3.05) is 17.2 Å². The van der Waals surface area contributed by atoms with Gasteiger partial charge in [-0.1, -0.05) is 6.07 Å². The number of anilines is 2. The summed E-state index contributed by atoms with van der Waals surface area (Å²) in [5.74, 6) is -2.62. The quantitative estimate of drug-likeness (QED) is 0.873. The Balaban J connectivity index is 1.85. The number of carbonyl (C=O) groups excluding carboxylic acids is 2. The molecule has 1 aliphatic rings. The van der Waals surface area contributed by atoms with Gasteiger partial charge in [-0.05, 0) is 38.1 Å². The second-order valence-electron chi connectivity index (χ2n) is 6.39. The standard InChI is InChI=1S/C18H16F2N2O3/c1-18(2)9-25-14-8-10(6-7-13(14)22-17(18)24)21-16(23)15-11(19)4-3-5-12(15)20/h3-8H,9H2,1-2H3,(H,21,23)(H,22,24). The predicted octanol–water partition coefficient (Wildman–Crippen LogP) is 3.57. The monoisotopic (exact) mass is 346 g/mol. The van der Waals surface area contributed by atoms with Crippen LogP contribution in [0.15, 0.2) is 36.4 Å². The molecule has 0 saturated heterocycles. The van der Waals surface area contributed by atoms with Crippen molar-refractivity contribution in [1.29, 1.82) is 0 Å². The number of rotatable bonds is 2. The number of carbonyl (C=O) groups is 2. The third-order valence-corrected chi connectivity index (χ3v) is 3.88. The van der Waals surface area contributed by atoms with Crippen LogP contribution in [0.3, 0.4) is 0 Å². The van der Waals surface area contributed by atoms with Gasteiger partial charge in [-0.15, -0.1) is 0 Å². The van der Waals surface area contributed by atoms with Crippen molar-refractivity contribution in [3.05, 3.63) is 53.6 Å². The Hall–Kier alpha value is -2.96. The molecule has 0 saturated carbocycles. The maximum Gasteiger partial charge on any atom is 0.261 e. The summed E-state index contributed by atoms with van der Waals surface area (Å²) in [6.07, 6.45) is 0. The molecule has 0 spiro atoms. The van der Waals surface area contributed by atoms with E-state index in [0.29, 0.717) is 17.1 Å². The summed E-state index contributed by atoms with van der Waals surface area (Å²) in [5, 5.41) is 5.18. The van der Waals surface area contributed by atoms with E-state index in [9.17, 15) is 18.4 Å². The zero-order valence-corrected chi connectivity index (χ0v) is 13.7. The highest BCUT2D eigenvalue weighted by Gasteiger charge is 2.32. The minimum atomic E-state index is -0.947. The fourth-order valence-electron chi connectivity index (χ4n) is 2.35. The average molecular weight is 346 g/mol. The molecule has 130 valence electrons. The van der Waals surface area contributed by atoms with E-state index in [1.165, 1.54) is 18.2 Å². The van der Waals surface area contributed by atoms with Gasteiger partial charge in [-0.25, -0.2) is 8.78 Å². The maximum absolute atomic E-state index is 13.7. The van der Waals surface area contributed by atoms with Gasteiger partial charge >= 0.3 is 0 Å². The first-order valence-corrected chi connectivity index (χ1v) is 7.61. The molecule has 0 bridgehead atoms. The summed E-state index contributed by atoms with van der Waals surface area (Å²) in [6, 6.07) is 7.76. The number of ether oxygens (including phenoxy) is 1. The van der Waals surface area contributed by atoms with Gasteiger partial charge in [0.2, 0.25) is 5.91 Å². The van der Waals surface area contributed by atoms with E-state index in [1.807, 2.05) is 0 Å². The minimum Gasteiger partial charge on any atom is -0.490 e. The molecular formula is C18H16F2N2O3. The average Bonchev–Trinajstić information content (AvgIpc) is 2.64. The van der Waals surface area contributed by atoms with Gasteiger partial charge in [0.1, 0.15) is 29.6 Å². The first kappa shape index (κ1) is 16.9. The molecular weight excluding hydrogens is 330 g/mol. The van der Waals surface area contributed by atoms with Crippen molar-refractivity contribution in [2.45, 2.75) is 13.8 Å². The van der Waals surface area contributed by atoms with E-state index in [-0.39, 0.29) is 12.5 Å². The summed E-state index contributed by atoms with van der Waals surface area (Å²) in [6.45, 7) is 3.65. The zero-order chi connectivity index (χ0) is 18.2. The third kappa shape index (κ3) is 3.31. The second kappa shape index (κ2) is 6.16. The molecule has 2 aromatic carbocycles. The van der Waals surface area contributed by atoms with E-state index >= 15 is 0 Å². The maximum atomic E-state index is 13.7. The molecule has 1 heterocycles. The van der Waals surface area contributed by atoms with Gasteiger partial charge in [-0.3, -0.25) is 9.59 Å². The molecule has 3 rings (SSSR count). The van der Waals surface area contributed by atoms with Crippen LogP contribution in [0, 0.1) is 17.0 Å². The van der Waals surface area contributed by atoms with Crippen molar-refractivity contribution in [2.24, 2.45) is 5.41 Å². The molecule has 0 atom stereocenters. The number of halogens is 2. The zero-order valence-electron chi connectivity index (χ0n) is 13.7. The SMILES string of the molecule is CC1(C)COc2cc(NC(=O)c3c(F)cccc3F)ccc2NC1=O. The molecule has 1 aliphatic heterocycles. The number of hydrogen-bond acceptors (Lipinski definition) is 3. The van der Waals surface area contributed by atoms with Crippen molar-refractivity contribution in [1.82, 2.24) is 0 Å². The molecule has 7 heteroatoms. The Morgan fingerprint density at radius 1 is 1.20 bits per heavy atom. The molecule has 0 fully saturated rings. The minimum absolute atomic E-state index is 0.158. The summed E-state index contributed by atoms with van der Waals surface area (Å²) in [5.41, 5.74) is -0.613. The van der Waals surface area contributed by atoms with Crippen molar-refractivity contribution in [3.8, 4) is 5.75 Å². The number of fused-ring (bicyclic) bond motifs is 1. The lowest BCUT2D eigenvalue weighted by atomic mass is 9.94. The summed E-state index contributed by atoms with van der Waals surface area (Å²) in [7, 11) is 0. The smallest absolute Gasteiger partial charge is 0.261 e. The van der Waals surface area contributed by atoms with Gasteiger partial charge in [0.25, 0.3) is 5.91 Å². The number of nitrogens with one attached hydrogen (secondary N) is 2. The van der Waals surface area contributed by atoms with E-state index < -0.39 is 28.5 Å². The van der Waals surface area contributed by atoms with Crippen molar-refractivity contribution in [3.63, 3.8) is 0 Å². The molecule has 25 heavy (non-hydrogen) atoms. The Bertz CT molecular complexity index is 845. The van der Waals surface area contributed by atoms with Crippen LogP contribution >= 0.6 is 0 Å². The van der Waals surface area contributed by atoms with Gasteiger partial charge in [0.05, 0.1) is 11.1 Å². The van der Waals surface area contributed by atoms with Crippen LogP contribution in [0.25, 0.3) is 0 Å². The third-order valence-electron chi connectivity index (χ3n) is 3.88. The lowest BCUT2D eigenvalue weighted by Gasteiger charge is -2.18. The first-order valence-electron chi connectivity index (χ1n) is 7.61. The van der Waals surface area contributed by atoms with Gasteiger partial charge < -0.3 is 15.4 Å². The summed E-state index contributed by atoms with van der Waals surface area (Å²) >= 11 is 0. The summed E-state index contributed by atoms with van der Waals surface area (Å²) < 4.78 is 33.0. The van der Waals surface area contributed by atoms with Gasteiger partial charge in [0.15, 0.2) is 0 Å². The predicted molar refractivity (Wildman–Crippen MR) is 88.7 cm³/mol. The lowest BCUT2D eigenvalue weighted by molar-refractivity contribution is -0.124. The van der Waals surface area contributed by atoms with Crippen LogP contribution in [0.4, 0.5) is 20.2 Å². The first-order chi connectivity index (χ1) is 11.8. The van der Waals surface area contributed by atoms with E-state index in [0.717, 1.165) is 12.1 Å². The second-order valence-corrected chi connectivity index (χ2v) is 6.39. The van der Waals surface area contributed by atoms with Crippen molar-refractivity contribution >= 4 is 23.2 Å². The number of hydrogen-bond donors (Lipinski definition) is 2. The van der Waals surface area contributed by atoms with Gasteiger partial charge in [0, 0.05) is 11.8 Å². The topological polar surface area (TPSA) is 67.4 Å². The normalized spacial score (nSPS) is 15.4. The van der Waals surface area contributed by atoms with Crippen LogP contribution in [-0.2, 0) is 4.79 Å². The highest BCUT2D eigenvalue weighted by molar-refractivity contribution is 6.05. The molecule has 2 amide bonds. The van der Waals surface area contributed by atoms with Crippen LogP contribution in [0.5, 0.6) is 5.75 Å². The Morgan fingerprint density at radius 2 is 1.88 bits per heavy atom. The molecule has 2 aromatic rings. The van der Waals surface area contributed by atoms with Gasteiger partial charge in [-0.2, -0.15) is 0 Å². The lowest BCUT2D eigenvalue weighted by Crippen LogP contribution is -2.33. The molecule has 2 N–H and O–H groups in total. The van der Waals surface area contributed by atoms with Crippen LogP contribution in [0.1, 0.15) is 24.2 Å². The van der Waals surface area contributed by atoms with Crippen LogP contribution < -0.4 is 15.4 Å².